The van der Waals surface area contributed by atoms with Crippen LogP contribution in [0.15, 0.2) is 60.8 Å². The van der Waals surface area contributed by atoms with Crippen molar-refractivity contribution >= 4 is 40.7 Å². The van der Waals surface area contributed by atoms with Gasteiger partial charge in [0.05, 0.1) is 23.8 Å². The molecule has 2 saturated heterocycles. The fourth-order valence-corrected chi connectivity index (χ4v) is 6.80. The van der Waals surface area contributed by atoms with E-state index in [4.69, 9.17) is 23.8 Å². The first-order chi connectivity index (χ1) is 19.3. The minimum Gasteiger partial charge on any atom is -0.352 e. The Morgan fingerprint density at radius 1 is 1.12 bits per heavy atom. The summed E-state index contributed by atoms with van der Waals surface area (Å²) in [5.41, 5.74) is 3.41. The fourth-order valence-electron chi connectivity index (χ4n) is 6.07. The van der Waals surface area contributed by atoms with Gasteiger partial charge in [-0.05, 0) is 81.6 Å². The van der Waals surface area contributed by atoms with Crippen molar-refractivity contribution < 1.29 is 4.79 Å². The van der Waals surface area contributed by atoms with Crippen LogP contribution in [0.4, 0.5) is 5.82 Å². The van der Waals surface area contributed by atoms with Crippen molar-refractivity contribution in [3.05, 3.63) is 88.3 Å². The molecule has 0 spiro atoms. The number of nitrogens with zero attached hydrogens (tertiary/aromatic N) is 5. The molecule has 0 aliphatic carbocycles. The van der Waals surface area contributed by atoms with E-state index in [0.29, 0.717) is 35.0 Å². The molecule has 5 rings (SSSR count). The number of benzene rings is 1. The number of nitrogens with one attached hydrogen (secondary N) is 1. The van der Waals surface area contributed by atoms with Gasteiger partial charge in [-0.2, -0.15) is 0 Å². The highest BCUT2D eigenvalue weighted by Gasteiger charge is 2.41. The Bertz CT molecular complexity index is 1310. The van der Waals surface area contributed by atoms with Crippen LogP contribution in [0.3, 0.4) is 0 Å². The first-order valence-electron chi connectivity index (χ1n) is 14.0. The number of likely N-dealkylation sites (tertiary alicyclic amines) is 1. The van der Waals surface area contributed by atoms with Gasteiger partial charge in [0.1, 0.15) is 11.0 Å². The molecule has 2 fully saturated rings. The lowest BCUT2D eigenvalue weighted by Crippen LogP contribution is -2.49. The number of aryl methyl sites for hydroxylation is 2. The third-order valence-corrected chi connectivity index (χ3v) is 8.83. The lowest BCUT2D eigenvalue weighted by atomic mass is 9.98. The number of carbonyl (C=O) groups excluding carboxylic acids is 1. The summed E-state index contributed by atoms with van der Waals surface area (Å²) in [6.45, 7) is 9.40. The zero-order valence-electron chi connectivity index (χ0n) is 23.4. The van der Waals surface area contributed by atoms with E-state index in [1.807, 2.05) is 38.2 Å². The topological polar surface area (TPSA) is 64.6 Å². The predicted octanol–water partition coefficient (Wildman–Crippen LogP) is 5.57. The largest absolute Gasteiger partial charge is 0.352 e. The molecule has 3 aromatic rings. The summed E-state index contributed by atoms with van der Waals surface area (Å²) in [5.74, 6) is 0.820. The molecule has 1 amide bonds. The molecule has 7 nitrogen and oxygen atoms in total. The number of halogens is 1. The van der Waals surface area contributed by atoms with Gasteiger partial charge >= 0.3 is 0 Å². The Labute approximate surface area is 247 Å². The van der Waals surface area contributed by atoms with Crippen LogP contribution < -0.4 is 10.2 Å². The van der Waals surface area contributed by atoms with Crippen LogP contribution in [0.25, 0.3) is 0 Å². The van der Waals surface area contributed by atoms with Gasteiger partial charge < -0.3 is 20.0 Å². The van der Waals surface area contributed by atoms with Gasteiger partial charge in [-0.3, -0.25) is 4.79 Å². The van der Waals surface area contributed by atoms with Crippen LogP contribution in [-0.2, 0) is 0 Å². The number of anilines is 1. The van der Waals surface area contributed by atoms with Gasteiger partial charge in [0.2, 0.25) is 0 Å². The molecular weight excluding hydrogens is 540 g/mol. The Morgan fingerprint density at radius 3 is 2.52 bits per heavy atom. The molecular formula is C31H37ClN6OS. The highest BCUT2D eigenvalue weighted by atomic mass is 35.5. The van der Waals surface area contributed by atoms with Gasteiger partial charge in [-0.25, -0.2) is 9.97 Å². The predicted molar refractivity (Wildman–Crippen MR) is 165 cm³/mol. The van der Waals surface area contributed by atoms with Crippen LogP contribution in [0.5, 0.6) is 0 Å². The maximum absolute atomic E-state index is 12.8. The third kappa shape index (κ3) is 6.14. The minimum absolute atomic E-state index is 0.0861. The maximum atomic E-state index is 12.8. The summed E-state index contributed by atoms with van der Waals surface area (Å²) in [7, 11) is 0. The van der Waals surface area contributed by atoms with Crippen LogP contribution >= 0.6 is 23.8 Å². The van der Waals surface area contributed by atoms with E-state index in [-0.39, 0.29) is 11.9 Å². The van der Waals surface area contributed by atoms with Crippen molar-refractivity contribution in [2.45, 2.75) is 58.2 Å². The van der Waals surface area contributed by atoms with Gasteiger partial charge in [-0.1, -0.05) is 48.0 Å². The van der Waals surface area contributed by atoms with E-state index in [9.17, 15) is 4.79 Å². The van der Waals surface area contributed by atoms with Crippen LogP contribution in [0, 0.1) is 13.8 Å². The Morgan fingerprint density at radius 2 is 1.85 bits per heavy atom. The minimum atomic E-state index is -0.0861. The van der Waals surface area contributed by atoms with E-state index in [0.717, 1.165) is 55.4 Å². The number of amides is 1. The van der Waals surface area contributed by atoms with Crippen molar-refractivity contribution in [1.29, 1.82) is 0 Å². The number of thiocarbonyl (C=S) groups is 1. The van der Waals surface area contributed by atoms with Gasteiger partial charge in [-0.15, -0.1) is 0 Å². The number of hydrogen-bond donors (Lipinski definition) is 1. The molecule has 1 N–H and O–H groups in total. The van der Waals surface area contributed by atoms with Gasteiger partial charge in [0.25, 0.3) is 5.91 Å². The lowest BCUT2D eigenvalue weighted by molar-refractivity contribution is 0.0930. The zero-order chi connectivity index (χ0) is 28.2. The Balaban J connectivity index is 1.18. The van der Waals surface area contributed by atoms with E-state index in [2.05, 4.69) is 67.2 Å². The van der Waals surface area contributed by atoms with Crippen molar-refractivity contribution in [1.82, 2.24) is 25.1 Å². The molecule has 2 aliphatic rings. The highest BCUT2D eigenvalue weighted by molar-refractivity contribution is 7.80. The molecule has 1 unspecified atom stereocenters. The lowest BCUT2D eigenvalue weighted by Gasteiger charge is -2.42. The molecule has 0 bridgehead atoms. The molecule has 9 heteroatoms. The molecule has 4 heterocycles. The first kappa shape index (κ1) is 28.5. The zero-order valence-corrected chi connectivity index (χ0v) is 25.0. The molecule has 0 radical (unpaired) electrons. The summed E-state index contributed by atoms with van der Waals surface area (Å²) >= 11 is 12.1. The Hall–Kier alpha value is -3.07. The summed E-state index contributed by atoms with van der Waals surface area (Å²) < 4.78 is 0. The molecule has 2 aliphatic heterocycles. The quantitative estimate of drug-likeness (QED) is 0.278. The standard InChI is InChI=1S/C31H37ClN6OS/c1-21-19-27(32)35-23(3)29(21)30(39)34-16-12-22(2)36-17-13-25(14-18-36)38-26(24-9-5-4-6-10-24)20-37(31(38)40)28-11-7-8-15-33-28/h4-11,15,19,22,25-26H,12-14,16-18,20H2,1-3H3,(H,34,39)/t22?,26-/m0/s1. The summed E-state index contributed by atoms with van der Waals surface area (Å²) in [5, 5.41) is 4.37. The molecule has 40 heavy (non-hydrogen) atoms. The first-order valence-corrected chi connectivity index (χ1v) is 14.8. The van der Waals surface area contributed by atoms with E-state index in [1.165, 1.54) is 5.56 Å². The van der Waals surface area contributed by atoms with E-state index >= 15 is 0 Å². The average Bonchev–Trinajstić information content (AvgIpc) is 3.30. The second kappa shape index (κ2) is 12.6. The molecule has 2 atom stereocenters. The SMILES string of the molecule is Cc1cc(Cl)nc(C)c1C(=O)NCCC(C)N1CCC(N2C(=S)N(c3ccccn3)C[C@H]2c2ccccc2)CC1. The van der Waals surface area contributed by atoms with Gasteiger partial charge in [0, 0.05) is 37.9 Å². The average molecular weight is 577 g/mol. The number of pyridine rings is 2. The summed E-state index contributed by atoms with van der Waals surface area (Å²) in [6.07, 6.45) is 4.81. The van der Waals surface area contributed by atoms with E-state index in [1.54, 1.807) is 6.07 Å². The maximum Gasteiger partial charge on any atom is 0.253 e. The van der Waals surface area contributed by atoms with Crippen molar-refractivity contribution in [3.8, 4) is 0 Å². The number of hydrogen-bond acceptors (Lipinski definition) is 5. The van der Waals surface area contributed by atoms with Crippen molar-refractivity contribution in [2.24, 2.45) is 0 Å². The van der Waals surface area contributed by atoms with Crippen molar-refractivity contribution in [3.63, 3.8) is 0 Å². The number of piperidine rings is 1. The smallest absolute Gasteiger partial charge is 0.253 e. The van der Waals surface area contributed by atoms with Crippen molar-refractivity contribution in [2.75, 3.05) is 31.1 Å². The van der Waals surface area contributed by atoms with Crippen LogP contribution in [-0.4, -0.2) is 69.1 Å². The van der Waals surface area contributed by atoms with Crippen LogP contribution in [0.1, 0.15) is 59.4 Å². The second-order valence-corrected chi connectivity index (χ2v) is 11.6. The molecule has 2 aromatic heterocycles. The summed E-state index contributed by atoms with van der Waals surface area (Å²) in [4.78, 5) is 28.8. The summed E-state index contributed by atoms with van der Waals surface area (Å²) in [6, 6.07) is 19.4. The molecule has 0 saturated carbocycles. The monoisotopic (exact) mass is 576 g/mol. The number of rotatable bonds is 8. The third-order valence-electron chi connectivity index (χ3n) is 8.21. The number of carbonyl (C=O) groups is 1. The normalized spacial score (nSPS) is 19.2. The fraction of sp³-hybridized carbons (Fsp3) is 0.419. The highest BCUT2D eigenvalue weighted by Crippen LogP contribution is 2.36. The van der Waals surface area contributed by atoms with E-state index < -0.39 is 0 Å². The Kier molecular flexibility index (Phi) is 8.98. The van der Waals surface area contributed by atoms with Gasteiger partial charge in [0.15, 0.2) is 5.11 Å². The number of aromatic nitrogens is 2. The molecule has 1 aromatic carbocycles. The van der Waals surface area contributed by atoms with Crippen LogP contribution in [0.2, 0.25) is 5.15 Å². The second-order valence-electron chi connectivity index (χ2n) is 10.8. The molecule has 210 valence electrons.